The molecule has 2 heterocycles. The van der Waals surface area contributed by atoms with Crippen molar-refractivity contribution in [3.8, 4) is 45.3 Å². The zero-order valence-corrected chi connectivity index (χ0v) is 27.0. The van der Waals surface area contributed by atoms with E-state index in [1.807, 2.05) is 18.3 Å². The van der Waals surface area contributed by atoms with E-state index in [9.17, 15) is 0 Å². The summed E-state index contributed by atoms with van der Waals surface area (Å²) in [6.07, 6.45) is 1.87. The molecule has 0 aliphatic heterocycles. The van der Waals surface area contributed by atoms with Gasteiger partial charge in [0.15, 0.2) is 17.5 Å². The molecule has 0 aliphatic carbocycles. The maximum absolute atomic E-state index is 5.28. The van der Waals surface area contributed by atoms with Crippen molar-refractivity contribution >= 4 is 54.0 Å². The lowest BCUT2D eigenvalue weighted by Crippen LogP contribution is -2.01. The third kappa shape index (κ3) is 4.61. The third-order valence-electron chi connectivity index (χ3n) is 9.76. The van der Waals surface area contributed by atoms with Gasteiger partial charge >= 0.3 is 0 Å². The Morgan fingerprint density at radius 2 is 0.740 bits per heavy atom. The molecule has 4 nitrogen and oxygen atoms in total. The fraction of sp³-hybridized carbons (Fsp3) is 0. The Morgan fingerprint density at radius 1 is 0.300 bits per heavy atom. The minimum atomic E-state index is 0.630. The van der Waals surface area contributed by atoms with Crippen LogP contribution in [0.1, 0.15) is 0 Å². The molecule has 0 amide bonds. The summed E-state index contributed by atoms with van der Waals surface area (Å²) >= 11 is 0. The molecule has 2 aromatic heterocycles. The van der Waals surface area contributed by atoms with Crippen molar-refractivity contribution in [2.45, 2.75) is 0 Å². The lowest BCUT2D eigenvalue weighted by molar-refractivity contribution is 1.08. The smallest absolute Gasteiger partial charge is 0.164 e. The van der Waals surface area contributed by atoms with Gasteiger partial charge in [-0.3, -0.25) is 4.98 Å². The molecule has 0 saturated carbocycles. The summed E-state index contributed by atoms with van der Waals surface area (Å²) in [6, 6.07) is 57.4. The SMILES string of the molecule is c1ccc2c(c1)cc(-c1nc(-c3ccc(-c4ccnc5ccccc45)cc3)nc(-c3cc4ccccc4c4ccccc34)n1)c1ccccc12. The Hall–Kier alpha value is -6.78. The first-order valence-corrected chi connectivity index (χ1v) is 16.8. The van der Waals surface area contributed by atoms with Crippen LogP contribution in [0.4, 0.5) is 0 Å². The zero-order chi connectivity index (χ0) is 33.0. The highest BCUT2D eigenvalue weighted by Crippen LogP contribution is 2.38. The van der Waals surface area contributed by atoms with Gasteiger partial charge in [-0.15, -0.1) is 0 Å². The standard InChI is InChI=1S/C46H28N4/c1-3-13-33-31(11-1)27-41(38-17-7-5-15-36(33)38)45-48-44(30-23-21-29(22-24-30)35-25-26-47-43-20-10-9-19-40(35)43)49-46(50-45)42-28-32-12-2-4-14-34(32)37-16-6-8-18-39(37)42/h1-28H. The number of fused-ring (bicyclic) bond motifs is 7. The van der Waals surface area contributed by atoms with Crippen molar-refractivity contribution in [3.05, 3.63) is 170 Å². The van der Waals surface area contributed by atoms with Crippen LogP contribution in [0, 0.1) is 0 Å². The van der Waals surface area contributed by atoms with Gasteiger partial charge < -0.3 is 0 Å². The zero-order valence-electron chi connectivity index (χ0n) is 27.0. The van der Waals surface area contributed by atoms with Crippen LogP contribution in [0.15, 0.2) is 170 Å². The Morgan fingerprint density at radius 3 is 1.32 bits per heavy atom. The fourth-order valence-electron chi connectivity index (χ4n) is 7.37. The highest BCUT2D eigenvalue weighted by molar-refractivity contribution is 6.14. The lowest BCUT2D eigenvalue weighted by Gasteiger charge is -2.14. The highest BCUT2D eigenvalue weighted by Gasteiger charge is 2.18. The summed E-state index contributed by atoms with van der Waals surface area (Å²) in [5, 5.41) is 10.4. The average molecular weight is 637 g/mol. The third-order valence-corrected chi connectivity index (χ3v) is 9.76. The number of hydrogen-bond acceptors (Lipinski definition) is 4. The molecule has 0 radical (unpaired) electrons. The molecule has 232 valence electrons. The van der Waals surface area contributed by atoms with E-state index in [2.05, 4.69) is 157 Å². The van der Waals surface area contributed by atoms with Gasteiger partial charge in [0.1, 0.15) is 0 Å². The first-order chi connectivity index (χ1) is 24.8. The topological polar surface area (TPSA) is 51.6 Å². The Bertz CT molecular complexity index is 2790. The average Bonchev–Trinajstić information content (AvgIpc) is 3.20. The summed E-state index contributed by atoms with van der Waals surface area (Å²) in [5.74, 6) is 1.92. The lowest BCUT2D eigenvalue weighted by atomic mass is 9.96. The predicted octanol–water partition coefficient (Wildman–Crippen LogP) is 11.7. The van der Waals surface area contributed by atoms with Crippen molar-refractivity contribution in [2.75, 3.05) is 0 Å². The largest absolute Gasteiger partial charge is 0.256 e. The Balaban J connectivity index is 1.22. The molecule has 10 rings (SSSR count). The summed E-state index contributed by atoms with van der Waals surface area (Å²) in [4.78, 5) is 20.3. The van der Waals surface area contributed by atoms with Crippen LogP contribution < -0.4 is 0 Å². The van der Waals surface area contributed by atoms with Crippen LogP contribution in [-0.2, 0) is 0 Å². The van der Waals surface area contributed by atoms with Crippen LogP contribution in [-0.4, -0.2) is 19.9 Å². The van der Waals surface area contributed by atoms with Crippen molar-refractivity contribution in [1.29, 1.82) is 0 Å². The first kappa shape index (κ1) is 28.3. The summed E-state index contributed by atoms with van der Waals surface area (Å²) in [7, 11) is 0. The number of hydrogen-bond donors (Lipinski definition) is 0. The fourth-order valence-corrected chi connectivity index (χ4v) is 7.37. The molecule has 4 heteroatoms. The van der Waals surface area contributed by atoms with Gasteiger partial charge in [-0.1, -0.05) is 140 Å². The van der Waals surface area contributed by atoms with E-state index < -0.39 is 0 Å². The molecule has 0 fully saturated rings. The van der Waals surface area contributed by atoms with E-state index in [1.165, 1.54) is 21.5 Å². The number of nitrogens with zero attached hydrogens (tertiary/aromatic N) is 4. The van der Waals surface area contributed by atoms with E-state index in [4.69, 9.17) is 15.0 Å². The summed E-state index contributed by atoms with van der Waals surface area (Å²) in [5.41, 5.74) is 6.12. The Labute approximate surface area is 288 Å². The van der Waals surface area contributed by atoms with Gasteiger partial charge in [-0.25, -0.2) is 15.0 Å². The molecular formula is C46H28N4. The molecule has 0 unspecified atom stereocenters. The molecule has 10 aromatic rings. The van der Waals surface area contributed by atoms with Crippen LogP contribution >= 0.6 is 0 Å². The highest BCUT2D eigenvalue weighted by atomic mass is 15.0. The molecule has 50 heavy (non-hydrogen) atoms. The van der Waals surface area contributed by atoms with Crippen LogP contribution in [0.5, 0.6) is 0 Å². The first-order valence-electron chi connectivity index (χ1n) is 16.8. The number of benzene rings is 8. The van der Waals surface area contributed by atoms with E-state index in [-0.39, 0.29) is 0 Å². The van der Waals surface area contributed by atoms with Gasteiger partial charge in [0.25, 0.3) is 0 Å². The van der Waals surface area contributed by atoms with Gasteiger partial charge in [-0.05, 0) is 78.5 Å². The Kier molecular flexibility index (Phi) is 6.46. The van der Waals surface area contributed by atoms with E-state index in [0.717, 1.165) is 60.3 Å². The van der Waals surface area contributed by atoms with Gasteiger partial charge in [0.2, 0.25) is 0 Å². The van der Waals surface area contributed by atoms with E-state index >= 15 is 0 Å². The molecule has 0 spiro atoms. The maximum atomic E-state index is 5.28. The second-order valence-electron chi connectivity index (χ2n) is 12.6. The number of aromatic nitrogens is 4. The molecule has 0 aliphatic rings. The normalized spacial score (nSPS) is 11.6. The van der Waals surface area contributed by atoms with Crippen molar-refractivity contribution < 1.29 is 0 Å². The second-order valence-corrected chi connectivity index (χ2v) is 12.6. The monoisotopic (exact) mass is 636 g/mol. The molecule has 8 aromatic carbocycles. The van der Waals surface area contributed by atoms with Crippen molar-refractivity contribution in [1.82, 2.24) is 19.9 Å². The van der Waals surface area contributed by atoms with Crippen LogP contribution in [0.3, 0.4) is 0 Å². The van der Waals surface area contributed by atoms with Crippen molar-refractivity contribution in [3.63, 3.8) is 0 Å². The van der Waals surface area contributed by atoms with Gasteiger partial charge in [0.05, 0.1) is 5.52 Å². The minimum Gasteiger partial charge on any atom is -0.256 e. The number of pyridine rings is 1. The number of rotatable bonds is 4. The predicted molar refractivity (Wildman–Crippen MR) is 207 cm³/mol. The molecular weight excluding hydrogens is 609 g/mol. The van der Waals surface area contributed by atoms with E-state index in [0.29, 0.717) is 17.5 Å². The van der Waals surface area contributed by atoms with Crippen LogP contribution in [0.25, 0.3) is 99.3 Å². The number of para-hydroxylation sites is 1. The second kappa shape index (κ2) is 11.4. The maximum Gasteiger partial charge on any atom is 0.164 e. The summed E-state index contributed by atoms with van der Waals surface area (Å²) < 4.78 is 0. The van der Waals surface area contributed by atoms with Crippen LogP contribution in [0.2, 0.25) is 0 Å². The summed E-state index contributed by atoms with van der Waals surface area (Å²) in [6.45, 7) is 0. The van der Waals surface area contributed by atoms with Gasteiger partial charge in [-0.2, -0.15) is 0 Å². The molecule has 0 saturated heterocycles. The quantitative estimate of drug-likeness (QED) is 0.180. The van der Waals surface area contributed by atoms with Crippen molar-refractivity contribution in [2.24, 2.45) is 0 Å². The minimum absolute atomic E-state index is 0.630. The van der Waals surface area contributed by atoms with E-state index in [1.54, 1.807) is 0 Å². The molecule has 0 bridgehead atoms. The molecule has 0 atom stereocenters. The van der Waals surface area contributed by atoms with Gasteiger partial charge in [0, 0.05) is 28.3 Å². The molecule has 0 N–H and O–H groups in total.